The van der Waals surface area contributed by atoms with Crippen molar-refractivity contribution < 1.29 is 28.6 Å². The number of esters is 3. The van der Waals surface area contributed by atoms with Crippen LogP contribution in [0.3, 0.4) is 0 Å². The fourth-order valence-corrected chi connectivity index (χ4v) is 8.36. The van der Waals surface area contributed by atoms with Gasteiger partial charge in [-0.15, -0.1) is 0 Å². The average molecular weight is 1120 g/mol. The van der Waals surface area contributed by atoms with Crippen molar-refractivity contribution in [2.24, 2.45) is 0 Å². The summed E-state index contributed by atoms with van der Waals surface area (Å²) in [5.74, 6) is -1.00. The summed E-state index contributed by atoms with van der Waals surface area (Å²) in [6.07, 6.45) is 99.3. The van der Waals surface area contributed by atoms with E-state index >= 15 is 0 Å². The predicted octanol–water partition coefficient (Wildman–Crippen LogP) is 22.7. The Balaban J connectivity index is 4.52. The third kappa shape index (κ3) is 65.5. The second kappa shape index (κ2) is 67.3. The van der Waals surface area contributed by atoms with Gasteiger partial charge in [0, 0.05) is 19.3 Å². The van der Waals surface area contributed by atoms with Gasteiger partial charge >= 0.3 is 17.9 Å². The first-order valence-corrected chi connectivity index (χ1v) is 32.6. The van der Waals surface area contributed by atoms with Gasteiger partial charge in [0.2, 0.25) is 0 Å². The van der Waals surface area contributed by atoms with Gasteiger partial charge in [-0.25, -0.2) is 0 Å². The standard InChI is InChI=1S/C75H118O6/c1-4-7-10-13-16-19-22-25-28-30-32-34-36-37-39-40-42-44-47-50-53-56-59-62-65-68-74(77)80-71-72(70-79-73(76)67-64-61-58-55-52-49-46-27-24-21-18-15-12-9-6-3)81-75(78)69-66-63-60-57-54-51-48-45-43-41-38-35-33-31-29-26-23-20-17-14-11-8-5-2/h7,9-10,12,16,18-19,21,23,25-28,31-34,37-39,41-42,44,46,50,52-53,55,72H,4-6,8,11,13-15,17,20,22,24,29-30,35-36,40,43,45,47-49,51,54,56-71H2,1-3H3/b10-7-,12-9-,19-16-,21-18-,26-23-,28-25-,33-31-,34-32-,39-37-,41-38-,44-42-,46-27-,53-50-,55-52-. The molecule has 0 aromatic heterocycles. The second-order valence-corrected chi connectivity index (χ2v) is 20.9. The highest BCUT2D eigenvalue weighted by atomic mass is 16.6. The fraction of sp³-hybridized carbons (Fsp3) is 0.587. The van der Waals surface area contributed by atoms with E-state index in [0.29, 0.717) is 25.7 Å². The number of allylic oxidation sites excluding steroid dienone is 28. The maximum Gasteiger partial charge on any atom is 0.306 e. The van der Waals surface area contributed by atoms with Crippen LogP contribution in [0.4, 0.5) is 0 Å². The van der Waals surface area contributed by atoms with E-state index in [1.165, 1.54) is 70.6 Å². The van der Waals surface area contributed by atoms with E-state index in [1.807, 2.05) is 0 Å². The molecule has 0 saturated carbocycles. The van der Waals surface area contributed by atoms with Crippen LogP contribution in [0.5, 0.6) is 0 Å². The summed E-state index contributed by atoms with van der Waals surface area (Å²) in [7, 11) is 0. The molecule has 0 saturated heterocycles. The summed E-state index contributed by atoms with van der Waals surface area (Å²) >= 11 is 0. The van der Waals surface area contributed by atoms with Crippen LogP contribution in [0.25, 0.3) is 0 Å². The summed E-state index contributed by atoms with van der Waals surface area (Å²) in [4.78, 5) is 38.4. The highest BCUT2D eigenvalue weighted by molar-refractivity contribution is 5.71. The molecule has 6 heteroatoms. The van der Waals surface area contributed by atoms with Crippen molar-refractivity contribution in [2.75, 3.05) is 13.2 Å². The molecule has 0 rings (SSSR count). The first-order valence-electron chi connectivity index (χ1n) is 32.6. The number of unbranched alkanes of at least 4 members (excludes halogenated alkanes) is 18. The van der Waals surface area contributed by atoms with Crippen molar-refractivity contribution in [1.82, 2.24) is 0 Å². The smallest absolute Gasteiger partial charge is 0.306 e. The molecule has 1 atom stereocenters. The van der Waals surface area contributed by atoms with Crippen molar-refractivity contribution in [2.45, 2.75) is 271 Å². The molecule has 0 fully saturated rings. The van der Waals surface area contributed by atoms with Crippen LogP contribution in [-0.2, 0) is 28.6 Å². The number of hydrogen-bond acceptors (Lipinski definition) is 6. The Morgan fingerprint density at radius 3 is 0.790 bits per heavy atom. The Morgan fingerprint density at radius 1 is 0.259 bits per heavy atom. The lowest BCUT2D eigenvalue weighted by Crippen LogP contribution is -2.30. The van der Waals surface area contributed by atoms with Gasteiger partial charge in [0.1, 0.15) is 13.2 Å². The van der Waals surface area contributed by atoms with Crippen LogP contribution < -0.4 is 0 Å². The number of ether oxygens (including phenoxy) is 3. The molecule has 0 N–H and O–H groups in total. The molecule has 6 nitrogen and oxygen atoms in total. The van der Waals surface area contributed by atoms with Crippen LogP contribution >= 0.6 is 0 Å². The third-order valence-corrected chi connectivity index (χ3v) is 13.2. The molecule has 0 aliphatic carbocycles. The highest BCUT2D eigenvalue weighted by Crippen LogP contribution is 2.14. The number of carbonyl (C=O) groups excluding carboxylic acids is 3. The zero-order chi connectivity index (χ0) is 58.5. The molecule has 454 valence electrons. The van der Waals surface area contributed by atoms with Gasteiger partial charge in [0.25, 0.3) is 0 Å². The topological polar surface area (TPSA) is 78.9 Å². The van der Waals surface area contributed by atoms with Crippen molar-refractivity contribution in [1.29, 1.82) is 0 Å². The minimum absolute atomic E-state index is 0.120. The lowest BCUT2D eigenvalue weighted by atomic mass is 10.1. The van der Waals surface area contributed by atoms with Gasteiger partial charge in [-0.05, 0) is 154 Å². The highest BCUT2D eigenvalue weighted by Gasteiger charge is 2.19. The Bertz CT molecular complexity index is 1860. The molecule has 0 bridgehead atoms. The zero-order valence-electron chi connectivity index (χ0n) is 52.0. The third-order valence-electron chi connectivity index (χ3n) is 13.2. The Kier molecular flexibility index (Phi) is 62.9. The van der Waals surface area contributed by atoms with Gasteiger partial charge in [-0.2, -0.15) is 0 Å². The van der Waals surface area contributed by atoms with Crippen molar-refractivity contribution in [3.8, 4) is 0 Å². The Labute approximate surface area is 498 Å². The van der Waals surface area contributed by atoms with E-state index in [-0.39, 0.29) is 31.1 Å². The van der Waals surface area contributed by atoms with Gasteiger partial charge in [-0.3, -0.25) is 14.4 Å². The SMILES string of the molecule is CC/C=C\C/C=C\C/C=C\C/C=C\C/C=C\C/C=C\C/C=C\CCCCCC(=O)OCC(COC(=O)CCCC/C=C\C/C=C\C/C=C\C/C=C\CC)OC(=O)CCCCCCCCCC/C=C\C/C=C\C/C=C\CCCCCCC. The van der Waals surface area contributed by atoms with Gasteiger partial charge in [-0.1, -0.05) is 262 Å². The summed E-state index contributed by atoms with van der Waals surface area (Å²) in [5, 5.41) is 0. The first kappa shape index (κ1) is 75.8. The predicted molar refractivity (Wildman–Crippen MR) is 352 cm³/mol. The molecule has 0 radical (unpaired) electrons. The summed E-state index contributed by atoms with van der Waals surface area (Å²) in [6, 6.07) is 0. The van der Waals surface area contributed by atoms with Crippen LogP contribution in [0.2, 0.25) is 0 Å². The molecule has 81 heavy (non-hydrogen) atoms. The van der Waals surface area contributed by atoms with Gasteiger partial charge in [0.05, 0.1) is 0 Å². The van der Waals surface area contributed by atoms with Crippen LogP contribution in [-0.4, -0.2) is 37.2 Å². The van der Waals surface area contributed by atoms with E-state index in [1.54, 1.807) is 0 Å². The monoisotopic (exact) mass is 1110 g/mol. The summed E-state index contributed by atoms with van der Waals surface area (Å²) < 4.78 is 16.9. The van der Waals surface area contributed by atoms with E-state index < -0.39 is 6.10 Å². The second-order valence-electron chi connectivity index (χ2n) is 20.9. The summed E-state index contributed by atoms with van der Waals surface area (Å²) in [6.45, 7) is 6.33. The molecule has 1 unspecified atom stereocenters. The van der Waals surface area contributed by atoms with Gasteiger partial charge in [0.15, 0.2) is 6.10 Å². The Hall–Kier alpha value is -5.23. The molecule has 0 spiro atoms. The lowest BCUT2D eigenvalue weighted by Gasteiger charge is -2.18. The number of carbonyl (C=O) groups is 3. The number of rotatable bonds is 57. The number of hydrogen-bond donors (Lipinski definition) is 0. The van der Waals surface area contributed by atoms with Gasteiger partial charge < -0.3 is 14.2 Å². The molecule has 0 aromatic carbocycles. The van der Waals surface area contributed by atoms with Crippen LogP contribution in [0.1, 0.15) is 265 Å². The molecule has 0 aliphatic heterocycles. The molecular formula is C75H118O6. The maximum atomic E-state index is 12.9. The zero-order valence-corrected chi connectivity index (χ0v) is 52.0. The van der Waals surface area contributed by atoms with Crippen LogP contribution in [0.15, 0.2) is 170 Å². The van der Waals surface area contributed by atoms with Crippen LogP contribution in [0, 0.1) is 0 Å². The normalized spacial score (nSPS) is 13.3. The average Bonchev–Trinajstić information content (AvgIpc) is 3.47. The maximum absolute atomic E-state index is 12.9. The molecule has 0 amide bonds. The lowest BCUT2D eigenvalue weighted by molar-refractivity contribution is -0.167. The molecule has 0 heterocycles. The summed E-state index contributed by atoms with van der Waals surface area (Å²) in [5.41, 5.74) is 0. The molecule has 0 aliphatic rings. The molecular weight excluding hydrogens is 997 g/mol. The van der Waals surface area contributed by atoms with E-state index in [4.69, 9.17) is 14.2 Å². The Morgan fingerprint density at radius 2 is 0.481 bits per heavy atom. The van der Waals surface area contributed by atoms with Crippen molar-refractivity contribution >= 4 is 17.9 Å². The minimum Gasteiger partial charge on any atom is -0.462 e. The quantitative estimate of drug-likeness (QED) is 0.0261. The van der Waals surface area contributed by atoms with Crippen molar-refractivity contribution in [3.05, 3.63) is 170 Å². The largest absolute Gasteiger partial charge is 0.462 e. The van der Waals surface area contributed by atoms with E-state index in [2.05, 4.69) is 191 Å². The van der Waals surface area contributed by atoms with E-state index in [0.717, 1.165) is 148 Å². The molecule has 0 aromatic rings. The van der Waals surface area contributed by atoms with E-state index in [9.17, 15) is 14.4 Å². The first-order chi connectivity index (χ1) is 40.0. The van der Waals surface area contributed by atoms with Crippen molar-refractivity contribution in [3.63, 3.8) is 0 Å². The minimum atomic E-state index is -0.825. The fourth-order valence-electron chi connectivity index (χ4n) is 8.36.